The summed E-state index contributed by atoms with van der Waals surface area (Å²) >= 11 is 0. The Morgan fingerprint density at radius 1 is 0.363 bits per heavy atom. The number of imide groups is 3. The van der Waals surface area contributed by atoms with Crippen molar-refractivity contribution >= 4 is 117 Å². The molecule has 12 amide bonds. The molecular weight excluding hydrogens is 1640 g/mol. The molecule has 0 radical (unpaired) electrons. The van der Waals surface area contributed by atoms with Crippen LogP contribution in [0.5, 0.6) is 0 Å². The minimum absolute atomic E-state index is 0. The summed E-state index contributed by atoms with van der Waals surface area (Å²) in [7, 11) is 2.62. The van der Waals surface area contributed by atoms with Crippen molar-refractivity contribution in [3.05, 3.63) is 34.9 Å². The number of alkyl carbamates (subject to hydrolysis) is 4. The fourth-order valence-electron chi connectivity index (χ4n) is 11.7. The van der Waals surface area contributed by atoms with Gasteiger partial charge in [-0.05, 0) is 185 Å². The maximum atomic E-state index is 12.9. The van der Waals surface area contributed by atoms with E-state index < -0.39 is 107 Å². The summed E-state index contributed by atoms with van der Waals surface area (Å²) < 4.78 is 29.7. The number of carboxylic acids is 1. The molecule has 0 aromatic carbocycles. The smallest absolute Gasteiger partial charge is 0.408 e. The standard InChI is InChI=1S/2C18H30N2O4.C16H30N2O5.C16H26N2O3.C10H19NO4.C6H13NO2.6CH4.2H2S/c2*1-7-9-13(19-17(23)24-18(4,5)6)16(22)20-14(10-8-2)12(3)11-15(20)21;1-7-9-11(18-15(21)23-16(3,4)5)13(19)17-12(10-8-2)14(20)22-6;1-5-8-12(17-14(19)7-3)16(21)18-13(9-6-2)11(4)10-15(18)20;1-5-6-7(8(12)13)11-9(14)15-10(2,3)4;1-3-4-5(7)6(8)9-2;;;;;;;;/h2*11,13-14H,7-10H2,1-6H3,(H,19,23);11-12H,7-10H2,1-6H3,(H,17,19)(H,18,21);10,12-13H,5-9H2,1-4H3,(H,17,19);7H,5-6H2,1-4H3,(H,11,14)(H,12,13);5H,3-4,7H2,1-2H3;6*1H4;2*1H2/t13-,14+;13-,14-;11-,12?;12-,13-;7-;;;;;;;;;/m00000........./s1. The zero-order valence-electron chi connectivity index (χ0n) is 76.3. The second-order valence-electron chi connectivity index (χ2n) is 32.6. The van der Waals surface area contributed by atoms with Crippen molar-refractivity contribution in [1.29, 1.82) is 0 Å². The Balaban J connectivity index is -0.000000138. The molecule has 3 aliphatic heterocycles. The van der Waals surface area contributed by atoms with Crippen LogP contribution in [0.3, 0.4) is 0 Å². The third kappa shape index (κ3) is 56.6. The highest BCUT2D eigenvalue weighted by Gasteiger charge is 2.42. The average Bonchev–Trinajstić information content (AvgIpc) is 1.67. The number of carbonyl (C=O) groups is 15. The molecule has 10 atom stereocenters. The Hall–Kier alpha value is -8.27. The third-order valence-electron chi connectivity index (χ3n) is 17.0. The van der Waals surface area contributed by atoms with Crippen LogP contribution in [0.4, 0.5) is 19.2 Å². The van der Waals surface area contributed by atoms with Crippen LogP contribution >= 0.6 is 27.0 Å². The van der Waals surface area contributed by atoms with Crippen LogP contribution in [-0.2, 0) is 81.2 Å². The number of nitrogens with two attached hydrogens (primary N) is 1. The second kappa shape index (κ2) is 70.8. The largest absolute Gasteiger partial charge is 0.480 e. The molecule has 9 N–H and O–H groups in total. The summed E-state index contributed by atoms with van der Waals surface area (Å²) in [6.07, 6.45) is 15.8. The van der Waals surface area contributed by atoms with Crippen molar-refractivity contribution in [1.82, 2.24) is 46.6 Å². The number of carbonyl (C=O) groups excluding carboxylic acids is 14. The minimum atomic E-state index is -1.04. The number of methoxy groups -OCH3 is 2. The zero-order valence-corrected chi connectivity index (χ0v) is 78.3. The van der Waals surface area contributed by atoms with Crippen LogP contribution in [0.2, 0.25) is 0 Å². The highest BCUT2D eigenvalue weighted by molar-refractivity contribution is 7.59. The van der Waals surface area contributed by atoms with E-state index in [2.05, 4.69) is 41.4 Å². The Labute approximate surface area is 761 Å². The molecule has 3 aliphatic rings. The monoisotopic (exact) mass is 1810 g/mol. The summed E-state index contributed by atoms with van der Waals surface area (Å²) in [5, 5.41) is 24.3. The average molecular weight is 1810 g/mol. The SMILES string of the molecule is C.C.C.C.C.C.CCCC(N)C(=O)OC.CCCC(NC(=O)[C@H](CCC)NC(=O)OC(C)(C)C)C(=O)OC.CCC[C@H](NC(=O)CC)C(=O)N1C(=O)C=C(C)[C@@H]1CCC.CCC[C@H](NC(=O)OC(C)(C)C)C(=O)N1C(=O)C=C(C)[C@@H]1CCC.CCC[C@H](NC(=O)OC(C)(C)C)C(=O)N1C(=O)C=C(C)[C@H]1CCC.CCC[C@H](NC(=O)OC(C)(C)C)C(=O)O.S.S. The number of carboxylic acid groups (broad SMARTS) is 1. The van der Waals surface area contributed by atoms with Gasteiger partial charge in [0.1, 0.15) is 64.7 Å². The van der Waals surface area contributed by atoms with E-state index in [0.29, 0.717) is 77.0 Å². The third-order valence-corrected chi connectivity index (χ3v) is 17.0. The Morgan fingerprint density at radius 3 is 0.831 bits per heavy atom. The quantitative estimate of drug-likeness (QED) is 0.0219. The van der Waals surface area contributed by atoms with Gasteiger partial charge in [-0.2, -0.15) is 27.0 Å². The first kappa shape index (κ1) is 139. The van der Waals surface area contributed by atoms with E-state index in [1.165, 1.54) is 47.1 Å². The highest BCUT2D eigenvalue weighted by Crippen LogP contribution is 2.28. The van der Waals surface area contributed by atoms with Gasteiger partial charge in [-0.15, -0.1) is 0 Å². The number of rotatable bonds is 34. The fourth-order valence-corrected chi connectivity index (χ4v) is 11.7. The lowest BCUT2D eigenvalue weighted by atomic mass is 10.0. The van der Waals surface area contributed by atoms with Gasteiger partial charge in [-0.3, -0.25) is 57.9 Å². The molecule has 0 aliphatic carbocycles. The molecule has 0 saturated carbocycles. The fraction of sp³-hybridized carbons (Fsp3) is 0.767. The highest BCUT2D eigenvalue weighted by atomic mass is 32.1. The van der Waals surface area contributed by atoms with Gasteiger partial charge in [-0.1, -0.05) is 185 Å². The molecule has 0 saturated heterocycles. The van der Waals surface area contributed by atoms with Gasteiger partial charge in [0.15, 0.2) is 0 Å². The molecule has 32 nitrogen and oxygen atoms in total. The van der Waals surface area contributed by atoms with Crippen LogP contribution in [0.25, 0.3) is 0 Å². The van der Waals surface area contributed by atoms with E-state index in [-0.39, 0.29) is 137 Å². The van der Waals surface area contributed by atoms with E-state index >= 15 is 0 Å². The Morgan fingerprint density at radius 2 is 0.597 bits per heavy atom. The van der Waals surface area contributed by atoms with Crippen molar-refractivity contribution < 1.29 is 105 Å². The molecule has 124 heavy (non-hydrogen) atoms. The van der Waals surface area contributed by atoms with Crippen molar-refractivity contribution in [3.63, 3.8) is 0 Å². The lowest BCUT2D eigenvalue weighted by Gasteiger charge is -2.29. The van der Waals surface area contributed by atoms with E-state index in [9.17, 15) is 71.9 Å². The number of hydrogen-bond donors (Lipinski definition) is 8. The Kier molecular flexibility index (Phi) is 79.3. The predicted molar refractivity (Wildman–Crippen MR) is 505 cm³/mol. The number of ether oxygens (including phenoxy) is 6. The molecule has 34 heteroatoms. The van der Waals surface area contributed by atoms with Crippen LogP contribution < -0.4 is 37.6 Å². The maximum absolute atomic E-state index is 12.9. The van der Waals surface area contributed by atoms with E-state index in [0.717, 1.165) is 74.5 Å². The van der Waals surface area contributed by atoms with Crippen molar-refractivity contribution in [2.75, 3.05) is 14.2 Å². The lowest BCUT2D eigenvalue weighted by molar-refractivity contribution is -0.146. The molecule has 730 valence electrons. The number of nitrogens with one attached hydrogen (secondary N) is 6. The first-order valence-electron chi connectivity index (χ1n) is 41.2. The molecule has 0 spiro atoms. The molecule has 0 aromatic rings. The zero-order chi connectivity index (χ0) is 90.4. The van der Waals surface area contributed by atoms with Gasteiger partial charge in [0, 0.05) is 24.6 Å². The van der Waals surface area contributed by atoms with Gasteiger partial charge >= 0.3 is 42.3 Å². The lowest BCUT2D eigenvalue weighted by Crippen LogP contribution is -2.52. The molecule has 0 aromatic heterocycles. The van der Waals surface area contributed by atoms with Gasteiger partial charge in [0.2, 0.25) is 11.8 Å². The second-order valence-corrected chi connectivity index (χ2v) is 32.6. The Bertz CT molecular complexity index is 3170. The predicted octanol–water partition coefficient (Wildman–Crippen LogP) is 16.7. The molecule has 2 unspecified atom stereocenters. The molecule has 3 rings (SSSR count). The number of esters is 2. The summed E-state index contributed by atoms with van der Waals surface area (Å²) in [6.45, 7) is 47.8. The maximum Gasteiger partial charge on any atom is 0.408 e. The van der Waals surface area contributed by atoms with Gasteiger partial charge in [0.25, 0.3) is 35.4 Å². The van der Waals surface area contributed by atoms with E-state index in [1.807, 2.05) is 90.0 Å². The van der Waals surface area contributed by atoms with Gasteiger partial charge in [-0.25, -0.2) is 28.8 Å². The van der Waals surface area contributed by atoms with Gasteiger partial charge in [0.05, 0.1) is 32.3 Å². The summed E-state index contributed by atoms with van der Waals surface area (Å²) in [5.74, 6) is -4.30. The number of aliphatic carboxylic acids is 1. The van der Waals surface area contributed by atoms with Crippen LogP contribution in [0.1, 0.15) is 359 Å². The molecule has 0 bridgehead atoms. The van der Waals surface area contributed by atoms with Crippen LogP contribution in [0.15, 0.2) is 34.9 Å². The molecule has 3 heterocycles. The summed E-state index contributed by atoms with van der Waals surface area (Å²) in [4.78, 5) is 183. The number of hydrogen-bond acceptors (Lipinski definition) is 22. The normalized spacial score (nSPS) is 15.7. The first-order valence-corrected chi connectivity index (χ1v) is 41.2. The minimum Gasteiger partial charge on any atom is -0.480 e. The van der Waals surface area contributed by atoms with E-state index in [4.69, 9.17) is 29.8 Å². The number of amides is 12. The van der Waals surface area contributed by atoms with Crippen molar-refractivity contribution in [3.8, 4) is 0 Å². The van der Waals surface area contributed by atoms with Crippen molar-refractivity contribution in [2.24, 2.45) is 5.73 Å². The summed E-state index contributed by atoms with van der Waals surface area (Å²) in [5.41, 5.74) is 5.53. The molecule has 0 fully saturated rings. The topological polar surface area (TPSA) is 440 Å². The van der Waals surface area contributed by atoms with Crippen LogP contribution in [0, 0.1) is 0 Å². The van der Waals surface area contributed by atoms with Crippen molar-refractivity contribution in [2.45, 2.75) is 442 Å². The van der Waals surface area contributed by atoms with Crippen LogP contribution in [-0.4, -0.2) is 206 Å². The van der Waals surface area contributed by atoms with E-state index in [1.54, 1.807) is 90.0 Å². The summed E-state index contributed by atoms with van der Waals surface area (Å²) in [6, 6.07) is -5.47. The van der Waals surface area contributed by atoms with Gasteiger partial charge < -0.3 is 71.2 Å². The number of nitrogens with zero attached hydrogens (tertiary/aromatic N) is 3. The first-order chi connectivity index (χ1) is 53.8. The molecular formula is C90H176N10O22S2.